The van der Waals surface area contributed by atoms with E-state index in [0.717, 1.165) is 11.1 Å². The Balaban J connectivity index is 2.02. The molecule has 2 rings (SSSR count). The Hall–Kier alpha value is -2.86. The van der Waals surface area contributed by atoms with Gasteiger partial charge in [0, 0.05) is 6.42 Å². The highest BCUT2D eigenvalue weighted by atomic mass is 16.5. The Labute approximate surface area is 165 Å². The van der Waals surface area contributed by atoms with E-state index in [2.05, 4.69) is 10.6 Å². The largest absolute Gasteiger partial charge is 0.445 e. The number of rotatable bonds is 9. The molecule has 6 heteroatoms. The first-order valence-corrected chi connectivity index (χ1v) is 9.42. The Morgan fingerprint density at radius 2 is 1.50 bits per heavy atom. The van der Waals surface area contributed by atoms with Crippen molar-refractivity contribution in [2.75, 3.05) is 6.61 Å². The number of benzene rings is 2. The second-order valence-electron chi connectivity index (χ2n) is 6.99. The molecule has 3 N–H and O–H groups in total. The smallest absolute Gasteiger partial charge is 0.408 e. The molecule has 6 nitrogen and oxygen atoms in total. The molecule has 150 valence electrons. The van der Waals surface area contributed by atoms with Crippen LogP contribution in [0.2, 0.25) is 0 Å². The summed E-state index contributed by atoms with van der Waals surface area (Å²) in [6.07, 6.45) is -0.339. The van der Waals surface area contributed by atoms with Crippen LogP contribution in [0.4, 0.5) is 4.79 Å². The van der Waals surface area contributed by atoms with E-state index < -0.39 is 12.1 Å². The third-order valence-electron chi connectivity index (χ3n) is 4.43. The van der Waals surface area contributed by atoms with Gasteiger partial charge in [-0.2, -0.15) is 0 Å². The van der Waals surface area contributed by atoms with Crippen molar-refractivity contribution >= 4 is 12.0 Å². The molecule has 0 aliphatic rings. The molecule has 0 saturated carbocycles. The summed E-state index contributed by atoms with van der Waals surface area (Å²) < 4.78 is 5.25. The molecular weight excluding hydrogens is 356 g/mol. The zero-order valence-corrected chi connectivity index (χ0v) is 16.3. The van der Waals surface area contributed by atoms with Crippen LogP contribution in [-0.4, -0.2) is 35.8 Å². The first-order chi connectivity index (χ1) is 13.5. The molecule has 28 heavy (non-hydrogen) atoms. The van der Waals surface area contributed by atoms with Crippen LogP contribution in [0, 0.1) is 5.92 Å². The van der Waals surface area contributed by atoms with Crippen LogP contribution in [0.25, 0.3) is 0 Å². The van der Waals surface area contributed by atoms with Crippen molar-refractivity contribution < 1.29 is 19.4 Å². The van der Waals surface area contributed by atoms with E-state index in [-0.39, 0.29) is 31.1 Å². The molecule has 0 fully saturated rings. The lowest BCUT2D eigenvalue weighted by Gasteiger charge is -2.24. The van der Waals surface area contributed by atoms with Gasteiger partial charge in [-0.25, -0.2) is 4.79 Å². The highest BCUT2D eigenvalue weighted by molar-refractivity contribution is 5.86. The van der Waals surface area contributed by atoms with Crippen LogP contribution in [0.3, 0.4) is 0 Å². The van der Waals surface area contributed by atoms with Crippen molar-refractivity contribution in [1.82, 2.24) is 10.6 Å². The zero-order chi connectivity index (χ0) is 20.4. The standard InChI is InChI=1S/C22H28N2O4/c1-16(2)20(14-25)23-21(26)19(13-17-9-5-3-6-10-17)24-22(27)28-15-18-11-7-4-8-12-18/h3-12,16,19-20,25H,13-15H2,1-2H3,(H,23,26)(H,24,27)/t19-,20-/m1/s1. The average molecular weight is 384 g/mol. The number of amides is 2. The van der Waals surface area contributed by atoms with Crippen molar-refractivity contribution in [3.05, 3.63) is 71.8 Å². The van der Waals surface area contributed by atoms with Crippen molar-refractivity contribution in [3.63, 3.8) is 0 Å². The van der Waals surface area contributed by atoms with Crippen LogP contribution in [0.5, 0.6) is 0 Å². The van der Waals surface area contributed by atoms with Crippen LogP contribution >= 0.6 is 0 Å². The minimum atomic E-state index is -0.807. The average Bonchev–Trinajstić information content (AvgIpc) is 2.71. The number of alkyl carbamates (subject to hydrolysis) is 1. The van der Waals surface area contributed by atoms with E-state index in [4.69, 9.17) is 4.74 Å². The van der Waals surface area contributed by atoms with E-state index >= 15 is 0 Å². The van der Waals surface area contributed by atoms with Crippen LogP contribution in [-0.2, 0) is 22.6 Å². The predicted octanol–water partition coefficient (Wildman–Crippen LogP) is 2.66. The molecule has 2 aromatic rings. The van der Waals surface area contributed by atoms with E-state index in [1.165, 1.54) is 0 Å². The normalized spacial score (nSPS) is 12.9. The molecule has 0 unspecified atom stereocenters. The quantitative estimate of drug-likeness (QED) is 0.620. The van der Waals surface area contributed by atoms with Crippen molar-refractivity contribution in [2.24, 2.45) is 5.92 Å². The topological polar surface area (TPSA) is 87.7 Å². The predicted molar refractivity (Wildman–Crippen MR) is 108 cm³/mol. The Morgan fingerprint density at radius 3 is 2.04 bits per heavy atom. The lowest BCUT2D eigenvalue weighted by molar-refractivity contribution is -0.124. The summed E-state index contributed by atoms with van der Waals surface area (Å²) >= 11 is 0. The maximum absolute atomic E-state index is 12.7. The van der Waals surface area contributed by atoms with Gasteiger partial charge in [-0.3, -0.25) is 4.79 Å². The summed E-state index contributed by atoms with van der Waals surface area (Å²) in [5.74, 6) is -0.287. The fourth-order valence-corrected chi connectivity index (χ4v) is 2.67. The van der Waals surface area contributed by atoms with Crippen molar-refractivity contribution in [1.29, 1.82) is 0 Å². The summed E-state index contributed by atoms with van der Waals surface area (Å²) in [7, 11) is 0. The third kappa shape index (κ3) is 7.04. The molecule has 2 aromatic carbocycles. The summed E-state index contributed by atoms with van der Waals surface area (Å²) in [6, 6.07) is 17.6. The zero-order valence-electron chi connectivity index (χ0n) is 16.3. The van der Waals surface area contributed by atoms with Gasteiger partial charge in [0.15, 0.2) is 0 Å². The van der Waals surface area contributed by atoms with Gasteiger partial charge in [0.05, 0.1) is 12.6 Å². The molecule has 0 aliphatic carbocycles. The van der Waals surface area contributed by atoms with Gasteiger partial charge in [0.25, 0.3) is 0 Å². The van der Waals surface area contributed by atoms with Crippen molar-refractivity contribution in [2.45, 2.75) is 39.0 Å². The Morgan fingerprint density at radius 1 is 0.929 bits per heavy atom. The van der Waals surface area contributed by atoms with Gasteiger partial charge in [-0.1, -0.05) is 74.5 Å². The molecule has 2 amide bonds. The number of hydrogen-bond acceptors (Lipinski definition) is 4. The van der Waals surface area contributed by atoms with E-state index in [1.807, 2.05) is 74.5 Å². The number of carbonyl (C=O) groups is 2. The SMILES string of the molecule is CC(C)[C@@H](CO)NC(=O)[C@@H](Cc1ccccc1)NC(=O)OCc1ccccc1. The van der Waals surface area contributed by atoms with Gasteiger partial charge in [0.2, 0.25) is 5.91 Å². The molecule has 2 atom stereocenters. The number of carbonyl (C=O) groups excluding carboxylic acids is 2. The molecule has 0 aromatic heterocycles. The molecule has 0 aliphatic heterocycles. The number of nitrogens with one attached hydrogen (secondary N) is 2. The van der Waals surface area contributed by atoms with Crippen LogP contribution in [0.1, 0.15) is 25.0 Å². The van der Waals surface area contributed by atoms with Gasteiger partial charge < -0.3 is 20.5 Å². The second-order valence-corrected chi connectivity index (χ2v) is 6.99. The molecule has 0 saturated heterocycles. The maximum Gasteiger partial charge on any atom is 0.408 e. The van der Waals surface area contributed by atoms with E-state index in [1.54, 1.807) is 0 Å². The summed E-state index contributed by atoms with van der Waals surface area (Å²) in [5.41, 5.74) is 1.78. The Bertz CT molecular complexity index is 735. The van der Waals surface area contributed by atoms with Crippen LogP contribution in [0.15, 0.2) is 60.7 Å². The summed E-state index contributed by atoms with van der Waals surface area (Å²) in [5, 5.41) is 14.9. The highest BCUT2D eigenvalue weighted by Crippen LogP contribution is 2.07. The molecule has 0 radical (unpaired) electrons. The lowest BCUT2D eigenvalue weighted by Crippen LogP contribution is -2.52. The number of aliphatic hydroxyl groups is 1. The van der Waals surface area contributed by atoms with E-state index in [0.29, 0.717) is 6.42 Å². The summed E-state index contributed by atoms with van der Waals surface area (Å²) in [4.78, 5) is 25.0. The fourth-order valence-electron chi connectivity index (χ4n) is 2.67. The number of hydrogen-bond donors (Lipinski definition) is 3. The lowest BCUT2D eigenvalue weighted by atomic mass is 10.0. The maximum atomic E-state index is 12.7. The molecule has 0 bridgehead atoms. The Kier molecular flexibility index (Phi) is 8.49. The number of aliphatic hydroxyl groups excluding tert-OH is 1. The highest BCUT2D eigenvalue weighted by Gasteiger charge is 2.25. The van der Waals surface area contributed by atoms with Crippen LogP contribution < -0.4 is 10.6 Å². The molecule has 0 heterocycles. The first-order valence-electron chi connectivity index (χ1n) is 9.42. The minimum absolute atomic E-state index is 0.0661. The minimum Gasteiger partial charge on any atom is -0.445 e. The van der Waals surface area contributed by atoms with Gasteiger partial charge in [0.1, 0.15) is 12.6 Å². The number of ether oxygens (including phenoxy) is 1. The summed E-state index contributed by atoms with van der Waals surface area (Å²) in [6.45, 7) is 3.78. The second kappa shape index (κ2) is 11.1. The third-order valence-corrected chi connectivity index (χ3v) is 4.43. The van der Waals surface area contributed by atoms with Gasteiger partial charge >= 0.3 is 6.09 Å². The van der Waals surface area contributed by atoms with E-state index in [9.17, 15) is 14.7 Å². The van der Waals surface area contributed by atoms with Gasteiger partial charge in [-0.15, -0.1) is 0 Å². The van der Waals surface area contributed by atoms with Crippen molar-refractivity contribution in [3.8, 4) is 0 Å². The van der Waals surface area contributed by atoms with Gasteiger partial charge in [-0.05, 0) is 17.0 Å². The fraction of sp³-hybridized carbons (Fsp3) is 0.364. The molecule has 0 spiro atoms. The first kappa shape index (κ1) is 21.4. The molecular formula is C22H28N2O4. The monoisotopic (exact) mass is 384 g/mol.